The lowest BCUT2D eigenvalue weighted by molar-refractivity contribution is 0.0000805. The first-order valence-electron chi connectivity index (χ1n) is 7.15. The van der Waals surface area contributed by atoms with E-state index < -0.39 is 0 Å². The van der Waals surface area contributed by atoms with Crippen molar-refractivity contribution in [3.8, 4) is 6.07 Å². The molecular weight excluding hydrogens is 224 g/mol. The van der Waals surface area contributed by atoms with Crippen molar-refractivity contribution in [1.29, 1.82) is 5.26 Å². The third-order valence-corrected chi connectivity index (χ3v) is 4.33. The highest BCUT2D eigenvalue weighted by atomic mass is 16.3. The Hall–Kier alpha value is -0.590. The fourth-order valence-corrected chi connectivity index (χ4v) is 2.76. The maximum Gasteiger partial charge on any atom is 0.0621 e. The third-order valence-electron chi connectivity index (χ3n) is 4.33. The van der Waals surface area contributed by atoms with Crippen LogP contribution in [-0.4, -0.2) is 24.3 Å². The van der Waals surface area contributed by atoms with Gasteiger partial charge in [0.1, 0.15) is 0 Å². The van der Waals surface area contributed by atoms with E-state index >= 15 is 0 Å². The van der Waals surface area contributed by atoms with Gasteiger partial charge in [-0.3, -0.25) is 0 Å². The van der Waals surface area contributed by atoms with Crippen LogP contribution in [0.2, 0.25) is 0 Å². The Morgan fingerprint density at radius 2 is 2.17 bits per heavy atom. The molecule has 1 fully saturated rings. The Kier molecular flexibility index (Phi) is 5.62. The van der Waals surface area contributed by atoms with Crippen LogP contribution < -0.4 is 5.32 Å². The highest BCUT2D eigenvalue weighted by molar-refractivity contribution is 4.89. The summed E-state index contributed by atoms with van der Waals surface area (Å²) in [5.41, 5.74) is 0.190. The van der Waals surface area contributed by atoms with Gasteiger partial charge in [0.25, 0.3) is 0 Å². The monoisotopic (exact) mass is 252 g/mol. The van der Waals surface area contributed by atoms with Gasteiger partial charge in [0.15, 0.2) is 0 Å². The SMILES string of the molecule is CC(C)(CCC#N)CNCC1(C)CCCCC1O. The van der Waals surface area contributed by atoms with E-state index in [1.165, 1.54) is 6.42 Å². The van der Waals surface area contributed by atoms with Gasteiger partial charge in [-0.05, 0) is 24.7 Å². The summed E-state index contributed by atoms with van der Waals surface area (Å²) in [4.78, 5) is 0. The molecular formula is C15H28N2O. The zero-order chi connectivity index (χ0) is 13.6. The first kappa shape index (κ1) is 15.5. The molecule has 0 aromatic heterocycles. The largest absolute Gasteiger partial charge is 0.393 e. The lowest BCUT2D eigenvalue weighted by Gasteiger charge is -2.39. The molecule has 104 valence electrons. The van der Waals surface area contributed by atoms with Crippen molar-refractivity contribution >= 4 is 0 Å². The molecule has 0 aromatic rings. The molecule has 0 saturated heterocycles. The summed E-state index contributed by atoms with van der Waals surface area (Å²) in [6, 6.07) is 2.21. The molecule has 2 unspecified atom stereocenters. The number of rotatable bonds is 6. The van der Waals surface area contributed by atoms with Gasteiger partial charge in [-0.2, -0.15) is 5.26 Å². The molecule has 0 spiro atoms. The molecule has 0 aromatic carbocycles. The predicted molar refractivity (Wildman–Crippen MR) is 74.1 cm³/mol. The fraction of sp³-hybridized carbons (Fsp3) is 0.933. The minimum Gasteiger partial charge on any atom is -0.393 e. The maximum absolute atomic E-state index is 10.1. The molecule has 2 atom stereocenters. The minimum absolute atomic E-state index is 0.0313. The van der Waals surface area contributed by atoms with Gasteiger partial charge in [0.05, 0.1) is 12.2 Å². The highest BCUT2D eigenvalue weighted by Gasteiger charge is 2.35. The molecule has 18 heavy (non-hydrogen) atoms. The van der Waals surface area contributed by atoms with Gasteiger partial charge < -0.3 is 10.4 Å². The normalized spacial score (nSPS) is 28.9. The molecule has 3 nitrogen and oxygen atoms in total. The van der Waals surface area contributed by atoms with E-state index in [1.807, 2.05) is 0 Å². The summed E-state index contributed by atoms with van der Waals surface area (Å²) in [6.45, 7) is 8.36. The van der Waals surface area contributed by atoms with Crippen molar-refractivity contribution in [1.82, 2.24) is 5.32 Å². The topological polar surface area (TPSA) is 56.0 Å². The molecule has 0 radical (unpaired) electrons. The van der Waals surface area contributed by atoms with E-state index in [-0.39, 0.29) is 16.9 Å². The summed E-state index contributed by atoms with van der Waals surface area (Å²) in [5, 5.41) is 22.3. The number of nitrogens with one attached hydrogen (secondary N) is 1. The van der Waals surface area contributed by atoms with E-state index in [2.05, 4.69) is 32.2 Å². The number of nitrogens with zero attached hydrogens (tertiary/aromatic N) is 1. The molecule has 0 heterocycles. The van der Waals surface area contributed by atoms with E-state index in [1.54, 1.807) is 0 Å². The Morgan fingerprint density at radius 1 is 1.44 bits per heavy atom. The van der Waals surface area contributed by atoms with Gasteiger partial charge in [0, 0.05) is 24.9 Å². The average Bonchev–Trinajstić information content (AvgIpc) is 2.30. The van der Waals surface area contributed by atoms with Crippen molar-refractivity contribution in [3.63, 3.8) is 0 Å². The zero-order valence-corrected chi connectivity index (χ0v) is 12.1. The average molecular weight is 252 g/mol. The van der Waals surface area contributed by atoms with Crippen molar-refractivity contribution in [3.05, 3.63) is 0 Å². The van der Waals surface area contributed by atoms with E-state index in [0.29, 0.717) is 6.42 Å². The van der Waals surface area contributed by atoms with Crippen molar-refractivity contribution in [2.24, 2.45) is 10.8 Å². The predicted octanol–water partition coefficient (Wildman–Crippen LogP) is 2.85. The van der Waals surface area contributed by atoms with Crippen LogP contribution in [0.4, 0.5) is 0 Å². The lowest BCUT2D eigenvalue weighted by atomic mass is 9.73. The van der Waals surface area contributed by atoms with Crippen molar-refractivity contribution in [2.75, 3.05) is 13.1 Å². The molecule has 3 heteroatoms. The zero-order valence-electron chi connectivity index (χ0n) is 12.1. The second kappa shape index (κ2) is 6.54. The molecule has 0 amide bonds. The second-order valence-corrected chi connectivity index (χ2v) is 6.84. The quantitative estimate of drug-likeness (QED) is 0.764. The summed E-state index contributed by atoms with van der Waals surface area (Å²) in [7, 11) is 0. The number of hydrogen-bond donors (Lipinski definition) is 2. The number of hydrogen-bond acceptors (Lipinski definition) is 3. The third kappa shape index (κ3) is 4.59. The Labute approximate surface area is 112 Å². The van der Waals surface area contributed by atoms with E-state index in [4.69, 9.17) is 5.26 Å². The highest BCUT2D eigenvalue weighted by Crippen LogP contribution is 2.35. The summed E-state index contributed by atoms with van der Waals surface area (Å²) in [6.07, 6.45) is 5.82. The van der Waals surface area contributed by atoms with Crippen molar-refractivity contribution < 1.29 is 5.11 Å². The number of aliphatic hydroxyl groups is 1. The standard InChI is InChI=1S/C15H28N2O/c1-14(2,8-6-10-16)11-17-12-15(3)9-5-4-7-13(15)18/h13,17-18H,4-9,11-12H2,1-3H3. The lowest BCUT2D eigenvalue weighted by Crippen LogP contribution is -2.45. The van der Waals surface area contributed by atoms with E-state index in [0.717, 1.165) is 38.8 Å². The molecule has 1 aliphatic carbocycles. The minimum atomic E-state index is -0.166. The first-order valence-corrected chi connectivity index (χ1v) is 7.15. The second-order valence-electron chi connectivity index (χ2n) is 6.84. The molecule has 0 bridgehead atoms. The van der Waals surface area contributed by atoms with Crippen LogP contribution in [0.5, 0.6) is 0 Å². The molecule has 1 aliphatic rings. The summed E-state index contributed by atoms with van der Waals surface area (Å²) in [5.74, 6) is 0. The van der Waals surface area contributed by atoms with Gasteiger partial charge in [0.2, 0.25) is 0 Å². The molecule has 1 saturated carbocycles. The summed E-state index contributed by atoms with van der Waals surface area (Å²) < 4.78 is 0. The van der Waals surface area contributed by atoms with Crippen LogP contribution in [0, 0.1) is 22.2 Å². The Balaban J connectivity index is 2.34. The number of nitriles is 1. The fourth-order valence-electron chi connectivity index (χ4n) is 2.76. The first-order chi connectivity index (χ1) is 8.40. The van der Waals surface area contributed by atoms with Gasteiger partial charge in [-0.1, -0.05) is 33.6 Å². The van der Waals surface area contributed by atoms with Crippen LogP contribution in [0.25, 0.3) is 0 Å². The van der Waals surface area contributed by atoms with Gasteiger partial charge in [-0.25, -0.2) is 0 Å². The molecule has 0 aliphatic heterocycles. The van der Waals surface area contributed by atoms with Gasteiger partial charge >= 0.3 is 0 Å². The summed E-state index contributed by atoms with van der Waals surface area (Å²) >= 11 is 0. The smallest absolute Gasteiger partial charge is 0.0621 e. The van der Waals surface area contributed by atoms with Crippen LogP contribution in [0.15, 0.2) is 0 Å². The maximum atomic E-state index is 10.1. The van der Waals surface area contributed by atoms with Crippen LogP contribution in [0.3, 0.4) is 0 Å². The van der Waals surface area contributed by atoms with Gasteiger partial charge in [-0.15, -0.1) is 0 Å². The Morgan fingerprint density at radius 3 is 2.78 bits per heavy atom. The molecule has 2 N–H and O–H groups in total. The van der Waals surface area contributed by atoms with E-state index in [9.17, 15) is 5.11 Å². The van der Waals surface area contributed by atoms with Crippen LogP contribution in [-0.2, 0) is 0 Å². The number of aliphatic hydroxyl groups excluding tert-OH is 1. The van der Waals surface area contributed by atoms with Crippen LogP contribution in [0.1, 0.15) is 59.3 Å². The Bertz CT molecular complexity index is 295. The van der Waals surface area contributed by atoms with Crippen LogP contribution >= 0.6 is 0 Å². The molecule has 1 rings (SSSR count). The van der Waals surface area contributed by atoms with Crippen molar-refractivity contribution in [2.45, 2.75) is 65.4 Å².